The lowest BCUT2D eigenvalue weighted by molar-refractivity contribution is -0.168. The van der Waals surface area contributed by atoms with Crippen LogP contribution >= 0.6 is 0 Å². The highest BCUT2D eigenvalue weighted by atomic mass is 16.5. The maximum Gasteiger partial charge on any atom is 0.306 e. The van der Waals surface area contributed by atoms with E-state index in [2.05, 4.69) is 0 Å². The predicted octanol–water partition coefficient (Wildman–Crippen LogP) is 2.45. The van der Waals surface area contributed by atoms with Crippen molar-refractivity contribution in [3.05, 3.63) is 0 Å². The molecule has 1 saturated heterocycles. The molecule has 3 unspecified atom stereocenters. The average molecular weight is 224 g/mol. The van der Waals surface area contributed by atoms with Crippen LogP contribution in [-0.2, 0) is 9.53 Å². The van der Waals surface area contributed by atoms with Crippen molar-refractivity contribution in [1.82, 2.24) is 0 Å². The van der Waals surface area contributed by atoms with Gasteiger partial charge in [-0.2, -0.15) is 0 Å². The minimum atomic E-state index is -0.578. The van der Waals surface area contributed by atoms with Gasteiger partial charge in [0.1, 0.15) is 0 Å². The van der Waals surface area contributed by atoms with Gasteiger partial charge in [0.2, 0.25) is 0 Å². The molecule has 3 rings (SSSR count). The third kappa shape index (κ3) is 1.56. The average Bonchev–Trinajstić information content (AvgIpc) is 2.13. The van der Waals surface area contributed by atoms with Crippen LogP contribution in [0.3, 0.4) is 0 Å². The second-order valence-electron chi connectivity index (χ2n) is 5.82. The van der Waals surface area contributed by atoms with E-state index in [0.717, 1.165) is 32.3 Å². The van der Waals surface area contributed by atoms with Crippen molar-refractivity contribution in [3.63, 3.8) is 0 Å². The minimum absolute atomic E-state index is 0.0553. The summed E-state index contributed by atoms with van der Waals surface area (Å²) in [7, 11) is 0. The number of carbonyl (C=O) groups is 1. The predicted molar refractivity (Wildman–Crippen MR) is 59.1 cm³/mol. The maximum atomic E-state index is 11.0. The summed E-state index contributed by atoms with van der Waals surface area (Å²) in [6, 6.07) is 0. The van der Waals surface area contributed by atoms with Gasteiger partial charge < -0.3 is 9.84 Å². The largest absolute Gasteiger partial charge is 0.481 e. The van der Waals surface area contributed by atoms with E-state index in [9.17, 15) is 4.79 Å². The molecule has 2 saturated carbocycles. The smallest absolute Gasteiger partial charge is 0.306 e. The van der Waals surface area contributed by atoms with Gasteiger partial charge in [-0.1, -0.05) is 0 Å². The molecular formula is C13H20O3. The lowest BCUT2D eigenvalue weighted by atomic mass is 9.60. The zero-order valence-electron chi connectivity index (χ0n) is 9.65. The van der Waals surface area contributed by atoms with E-state index >= 15 is 0 Å². The van der Waals surface area contributed by atoms with Crippen LogP contribution in [-0.4, -0.2) is 23.3 Å². The van der Waals surface area contributed by atoms with Gasteiger partial charge in [-0.25, -0.2) is 0 Å². The van der Waals surface area contributed by atoms with Crippen molar-refractivity contribution in [2.45, 2.75) is 50.5 Å². The van der Waals surface area contributed by atoms with Crippen LogP contribution in [0.4, 0.5) is 0 Å². The van der Waals surface area contributed by atoms with Gasteiger partial charge in [0.15, 0.2) is 0 Å². The molecule has 1 N–H and O–H groups in total. The molecule has 3 fully saturated rings. The number of carboxylic acid groups (broad SMARTS) is 1. The molecule has 16 heavy (non-hydrogen) atoms. The molecule has 0 aromatic carbocycles. The number of hydrogen-bond acceptors (Lipinski definition) is 2. The summed E-state index contributed by atoms with van der Waals surface area (Å²) in [5.74, 6) is 0.424. The van der Waals surface area contributed by atoms with E-state index < -0.39 is 5.97 Å². The number of ether oxygens (including phenoxy) is 1. The number of carboxylic acids is 1. The standard InChI is InChI=1S/C13H20O3/c14-12(15)11-3-2-10(11)9-4-7-16-13(8-9)5-1-6-13/h9-11H,1-8H2,(H,14,15). The molecule has 2 aliphatic carbocycles. The molecule has 1 aliphatic heterocycles. The van der Waals surface area contributed by atoms with E-state index in [-0.39, 0.29) is 11.5 Å². The topological polar surface area (TPSA) is 46.5 Å². The zero-order chi connectivity index (χ0) is 11.2. The van der Waals surface area contributed by atoms with Crippen molar-refractivity contribution in [1.29, 1.82) is 0 Å². The molecule has 0 aromatic heterocycles. The van der Waals surface area contributed by atoms with E-state index in [4.69, 9.17) is 9.84 Å². The molecule has 1 heterocycles. The summed E-state index contributed by atoms with van der Waals surface area (Å²) in [5.41, 5.74) is 0.168. The Hall–Kier alpha value is -0.570. The fourth-order valence-corrected chi connectivity index (χ4v) is 3.75. The third-order valence-electron chi connectivity index (χ3n) is 5.05. The fourth-order valence-electron chi connectivity index (χ4n) is 3.75. The van der Waals surface area contributed by atoms with Gasteiger partial charge in [-0.15, -0.1) is 0 Å². The van der Waals surface area contributed by atoms with Crippen molar-refractivity contribution in [3.8, 4) is 0 Å². The first-order valence-electron chi connectivity index (χ1n) is 6.57. The Morgan fingerprint density at radius 3 is 2.56 bits per heavy atom. The molecule has 3 aliphatic rings. The van der Waals surface area contributed by atoms with Crippen LogP contribution in [0.2, 0.25) is 0 Å². The van der Waals surface area contributed by atoms with Crippen molar-refractivity contribution >= 4 is 5.97 Å². The monoisotopic (exact) mass is 224 g/mol. The summed E-state index contributed by atoms with van der Waals surface area (Å²) in [5, 5.41) is 9.10. The quantitative estimate of drug-likeness (QED) is 0.783. The van der Waals surface area contributed by atoms with Gasteiger partial charge >= 0.3 is 5.97 Å². The van der Waals surface area contributed by atoms with E-state index in [0.29, 0.717) is 11.8 Å². The van der Waals surface area contributed by atoms with Crippen LogP contribution < -0.4 is 0 Å². The maximum absolute atomic E-state index is 11.0. The van der Waals surface area contributed by atoms with Gasteiger partial charge in [-0.3, -0.25) is 4.79 Å². The van der Waals surface area contributed by atoms with Gasteiger partial charge in [0.25, 0.3) is 0 Å². The first kappa shape index (κ1) is 10.6. The number of hydrogen-bond donors (Lipinski definition) is 1. The Morgan fingerprint density at radius 1 is 1.25 bits per heavy atom. The molecule has 0 aromatic rings. The van der Waals surface area contributed by atoms with Crippen LogP contribution in [0.25, 0.3) is 0 Å². The first-order valence-corrected chi connectivity index (χ1v) is 6.57. The highest BCUT2D eigenvalue weighted by Gasteiger charge is 2.48. The molecule has 1 spiro atoms. The summed E-state index contributed by atoms with van der Waals surface area (Å²) in [6.45, 7) is 0.855. The molecular weight excluding hydrogens is 204 g/mol. The van der Waals surface area contributed by atoms with Gasteiger partial charge in [-0.05, 0) is 56.8 Å². The van der Waals surface area contributed by atoms with Crippen LogP contribution in [0.1, 0.15) is 44.9 Å². The van der Waals surface area contributed by atoms with E-state index in [1.165, 1.54) is 19.3 Å². The van der Waals surface area contributed by atoms with Gasteiger partial charge in [0.05, 0.1) is 11.5 Å². The molecule has 90 valence electrons. The van der Waals surface area contributed by atoms with E-state index in [1.54, 1.807) is 0 Å². The minimum Gasteiger partial charge on any atom is -0.481 e. The van der Waals surface area contributed by atoms with E-state index in [1.807, 2.05) is 0 Å². The summed E-state index contributed by atoms with van der Waals surface area (Å²) < 4.78 is 5.90. The Kier molecular flexibility index (Phi) is 2.46. The molecule has 0 amide bonds. The zero-order valence-corrected chi connectivity index (χ0v) is 9.65. The lowest BCUT2D eigenvalue weighted by Crippen LogP contribution is -2.49. The summed E-state index contributed by atoms with van der Waals surface area (Å²) in [4.78, 5) is 11.0. The SMILES string of the molecule is O=C(O)C1CCC1C1CCOC2(CCC2)C1. The Bertz CT molecular complexity index is 296. The molecule has 3 atom stereocenters. The highest BCUT2D eigenvalue weighted by molar-refractivity contribution is 5.71. The van der Waals surface area contributed by atoms with Crippen LogP contribution in [0.15, 0.2) is 0 Å². The normalized spacial score (nSPS) is 41.1. The summed E-state index contributed by atoms with van der Waals surface area (Å²) in [6.07, 6.45) is 7.92. The lowest BCUT2D eigenvalue weighted by Gasteiger charge is -2.51. The van der Waals surface area contributed by atoms with Crippen molar-refractivity contribution < 1.29 is 14.6 Å². The third-order valence-corrected chi connectivity index (χ3v) is 5.05. The summed E-state index contributed by atoms with van der Waals surface area (Å²) >= 11 is 0. The van der Waals surface area contributed by atoms with Gasteiger partial charge in [0, 0.05) is 6.61 Å². The highest BCUT2D eigenvalue weighted by Crippen LogP contribution is 2.51. The molecule has 3 heteroatoms. The number of aliphatic carboxylic acids is 1. The molecule has 0 bridgehead atoms. The Labute approximate surface area is 96.2 Å². The number of rotatable bonds is 2. The van der Waals surface area contributed by atoms with Crippen LogP contribution in [0, 0.1) is 17.8 Å². The first-order chi connectivity index (χ1) is 7.70. The second-order valence-corrected chi connectivity index (χ2v) is 5.82. The van der Waals surface area contributed by atoms with Crippen LogP contribution in [0.5, 0.6) is 0 Å². The Morgan fingerprint density at radius 2 is 2.06 bits per heavy atom. The molecule has 3 nitrogen and oxygen atoms in total. The second kappa shape index (κ2) is 3.73. The molecule has 0 radical (unpaired) electrons. The van der Waals surface area contributed by atoms with Crippen molar-refractivity contribution in [2.24, 2.45) is 17.8 Å². The fraction of sp³-hybridized carbons (Fsp3) is 0.923. The Balaban J connectivity index is 1.64. The van der Waals surface area contributed by atoms with Crippen molar-refractivity contribution in [2.75, 3.05) is 6.61 Å².